The molecule has 140 valence electrons. The largest absolute Gasteiger partial charge is 0.325 e. The Balaban J connectivity index is 2.60. The molecule has 0 spiro atoms. The zero-order chi connectivity index (χ0) is 19.5. The molecule has 1 aromatic carbocycles. The van der Waals surface area contributed by atoms with E-state index in [1.807, 2.05) is 0 Å². The van der Waals surface area contributed by atoms with Crippen LogP contribution in [-0.2, 0) is 12.4 Å². The van der Waals surface area contributed by atoms with Gasteiger partial charge in [0.1, 0.15) is 0 Å². The predicted molar refractivity (Wildman–Crippen MR) is 108 cm³/mol. The van der Waals surface area contributed by atoms with Crippen molar-refractivity contribution in [2.45, 2.75) is 14.0 Å². The number of amides is 1. The molecule has 0 unspecified atom stereocenters. The van der Waals surface area contributed by atoms with E-state index in [1.54, 1.807) is 24.3 Å². The summed E-state index contributed by atoms with van der Waals surface area (Å²) in [6.45, 7) is 0. The molecular weight excluding hydrogens is 488 g/mol. The topological polar surface area (TPSA) is 67.8 Å². The lowest BCUT2D eigenvalue weighted by molar-refractivity contribution is -0.115. The highest BCUT2D eigenvalue weighted by atomic mass is 35.6. The molecule has 2 aromatic rings. The molecule has 1 N–H and O–H groups in total. The van der Waals surface area contributed by atoms with E-state index in [1.165, 1.54) is 0 Å². The molecular formula is C14H9Cl7N4O. The number of nitrogens with one attached hydrogen (secondary N) is 1. The Morgan fingerprint density at radius 1 is 0.923 bits per heavy atom. The van der Waals surface area contributed by atoms with Crippen LogP contribution in [0.5, 0.6) is 0 Å². The first kappa shape index (κ1) is 22.0. The lowest BCUT2D eigenvalue weighted by Crippen LogP contribution is -2.17. The van der Waals surface area contributed by atoms with Gasteiger partial charge in [0.05, 0.1) is 5.69 Å². The maximum Gasteiger partial charge on any atom is 0.250 e. The second-order valence-corrected chi connectivity index (χ2v) is 9.77. The summed E-state index contributed by atoms with van der Waals surface area (Å²) in [7, 11) is 0. The smallest absolute Gasteiger partial charge is 0.250 e. The zero-order valence-corrected chi connectivity index (χ0v) is 17.9. The molecule has 2 rings (SSSR count). The van der Waals surface area contributed by atoms with Gasteiger partial charge < -0.3 is 5.32 Å². The molecule has 5 nitrogen and oxygen atoms in total. The number of carbonyl (C=O) groups excluding carboxylic acids is 1. The Kier molecular flexibility index (Phi) is 7.47. The quantitative estimate of drug-likeness (QED) is 0.546. The minimum Gasteiger partial charge on any atom is -0.325 e. The Labute approximate surface area is 184 Å². The van der Waals surface area contributed by atoms with Crippen LogP contribution in [0.15, 0.2) is 24.3 Å². The summed E-state index contributed by atoms with van der Waals surface area (Å²) in [6, 6.07) is 6.72. The molecule has 12 heteroatoms. The van der Waals surface area contributed by atoms with Gasteiger partial charge in [-0.3, -0.25) is 4.79 Å². The first-order valence-electron chi connectivity index (χ1n) is 6.88. The zero-order valence-electron chi connectivity index (χ0n) is 12.6. The van der Waals surface area contributed by atoms with E-state index < -0.39 is 7.59 Å². The molecule has 0 radical (unpaired) electrons. The van der Waals surface area contributed by atoms with E-state index in [0.29, 0.717) is 11.3 Å². The van der Waals surface area contributed by atoms with Crippen LogP contribution in [0.2, 0.25) is 0 Å². The highest BCUT2D eigenvalue weighted by molar-refractivity contribution is 6.67. The third kappa shape index (κ3) is 5.86. The molecule has 0 aliphatic heterocycles. The molecule has 0 saturated carbocycles. The number of carbonyl (C=O) groups is 1. The lowest BCUT2D eigenvalue weighted by Gasteiger charge is -2.17. The van der Waals surface area contributed by atoms with Gasteiger partial charge in [-0.15, -0.1) is 11.6 Å². The molecule has 0 fully saturated rings. The van der Waals surface area contributed by atoms with Crippen LogP contribution in [0.1, 0.15) is 18.1 Å². The minimum absolute atomic E-state index is 0.0597. The molecule has 1 heterocycles. The fourth-order valence-corrected chi connectivity index (χ4v) is 2.51. The van der Waals surface area contributed by atoms with E-state index in [0.717, 1.165) is 0 Å². The van der Waals surface area contributed by atoms with Crippen molar-refractivity contribution in [1.82, 2.24) is 15.0 Å². The van der Waals surface area contributed by atoms with Gasteiger partial charge in [0.15, 0.2) is 17.5 Å². The number of alkyl halides is 7. The number of hydrogen-bond acceptors (Lipinski definition) is 4. The minimum atomic E-state index is -1.97. The molecule has 0 atom stereocenters. The van der Waals surface area contributed by atoms with Crippen molar-refractivity contribution in [3.05, 3.63) is 35.9 Å². The Bertz CT molecular complexity index is 772. The Hall–Kier alpha value is -0.270. The molecule has 26 heavy (non-hydrogen) atoms. The molecule has 1 aromatic heterocycles. The molecule has 0 saturated heterocycles. The van der Waals surface area contributed by atoms with Gasteiger partial charge in [-0.25, -0.2) is 15.0 Å². The summed E-state index contributed by atoms with van der Waals surface area (Å²) in [4.78, 5) is 24.0. The highest BCUT2D eigenvalue weighted by Crippen LogP contribution is 2.41. The van der Waals surface area contributed by atoms with Crippen molar-refractivity contribution in [3.63, 3.8) is 0 Å². The number of anilines is 1. The number of hydrogen-bond donors (Lipinski definition) is 1. The summed E-state index contributed by atoms with van der Waals surface area (Å²) in [5.41, 5.74) is 0.836. The van der Waals surface area contributed by atoms with Crippen LogP contribution in [0, 0.1) is 0 Å². The fourth-order valence-electron chi connectivity index (χ4n) is 1.84. The van der Waals surface area contributed by atoms with Gasteiger partial charge in [0.2, 0.25) is 13.5 Å². The molecule has 0 bridgehead atoms. The predicted octanol–water partition coefficient (Wildman–Crippen LogP) is 5.76. The van der Waals surface area contributed by atoms with Gasteiger partial charge >= 0.3 is 0 Å². The number of halogens is 7. The second-order valence-electron chi connectivity index (χ2n) is 4.83. The van der Waals surface area contributed by atoms with Crippen molar-refractivity contribution in [1.29, 1.82) is 0 Å². The maximum atomic E-state index is 11.9. The Morgan fingerprint density at radius 3 is 1.96 bits per heavy atom. The summed E-state index contributed by atoms with van der Waals surface area (Å²) < 4.78 is -3.95. The highest BCUT2D eigenvalue weighted by Gasteiger charge is 2.34. The van der Waals surface area contributed by atoms with Crippen molar-refractivity contribution in [2.24, 2.45) is 0 Å². The number of rotatable bonds is 4. The van der Waals surface area contributed by atoms with Crippen LogP contribution in [0.25, 0.3) is 11.4 Å². The average molecular weight is 497 g/mol. The average Bonchev–Trinajstić information content (AvgIpc) is 2.53. The monoisotopic (exact) mass is 494 g/mol. The van der Waals surface area contributed by atoms with E-state index >= 15 is 0 Å². The van der Waals surface area contributed by atoms with Crippen molar-refractivity contribution >= 4 is 92.8 Å². The van der Waals surface area contributed by atoms with Crippen LogP contribution >= 0.6 is 81.2 Å². The number of benzene rings is 1. The third-order valence-electron chi connectivity index (χ3n) is 2.91. The summed E-state index contributed by atoms with van der Waals surface area (Å²) in [6.07, 6.45) is 0.131. The second kappa shape index (κ2) is 8.82. The first-order chi connectivity index (χ1) is 12.0. The third-order valence-corrected chi connectivity index (χ3v) is 4.11. The van der Waals surface area contributed by atoms with Crippen LogP contribution in [0.3, 0.4) is 0 Å². The van der Waals surface area contributed by atoms with Crippen LogP contribution in [0.4, 0.5) is 5.69 Å². The number of nitrogens with zero attached hydrogens (tertiary/aromatic N) is 3. The van der Waals surface area contributed by atoms with Crippen molar-refractivity contribution < 1.29 is 4.79 Å². The van der Waals surface area contributed by atoms with Gasteiger partial charge in [0, 0.05) is 17.9 Å². The van der Waals surface area contributed by atoms with E-state index in [-0.39, 0.29) is 35.7 Å². The first-order valence-corrected chi connectivity index (χ1v) is 9.68. The molecule has 1 amide bonds. The summed E-state index contributed by atoms with van der Waals surface area (Å²) in [5, 5.41) is 2.70. The number of para-hydroxylation sites is 1. The lowest BCUT2D eigenvalue weighted by atomic mass is 10.1. The summed E-state index contributed by atoms with van der Waals surface area (Å²) >= 11 is 40.8. The van der Waals surface area contributed by atoms with E-state index in [4.69, 9.17) is 81.2 Å². The van der Waals surface area contributed by atoms with Gasteiger partial charge in [-0.05, 0) is 12.1 Å². The van der Waals surface area contributed by atoms with Gasteiger partial charge in [-0.2, -0.15) is 0 Å². The standard InChI is InChI=1S/C14H9Cl7N4O/c15-6-5-9(26)22-8-4-2-1-3-7(8)10-23-11(13(16,17)18)25-12(24-10)14(19,20)21/h1-4H,5-6H2,(H,22,26). The van der Waals surface area contributed by atoms with Crippen molar-refractivity contribution in [2.75, 3.05) is 11.2 Å². The van der Waals surface area contributed by atoms with Crippen LogP contribution < -0.4 is 5.32 Å². The van der Waals surface area contributed by atoms with Crippen LogP contribution in [-0.4, -0.2) is 26.7 Å². The molecule has 0 aliphatic rings. The SMILES string of the molecule is O=C(CCCl)Nc1ccccc1-c1nc(C(Cl)(Cl)Cl)nc(C(Cl)(Cl)Cl)n1. The van der Waals surface area contributed by atoms with Gasteiger partial charge in [-0.1, -0.05) is 81.7 Å². The van der Waals surface area contributed by atoms with E-state index in [9.17, 15) is 4.79 Å². The summed E-state index contributed by atoms with van der Waals surface area (Å²) in [5.74, 6) is -0.505. The Morgan fingerprint density at radius 2 is 1.46 bits per heavy atom. The normalized spacial score (nSPS) is 12.1. The fraction of sp³-hybridized carbons (Fsp3) is 0.286. The molecule has 0 aliphatic carbocycles. The maximum absolute atomic E-state index is 11.9. The van der Waals surface area contributed by atoms with E-state index in [2.05, 4.69) is 20.3 Å². The number of aromatic nitrogens is 3. The van der Waals surface area contributed by atoms with Gasteiger partial charge in [0.25, 0.3) is 0 Å². The van der Waals surface area contributed by atoms with Crippen molar-refractivity contribution in [3.8, 4) is 11.4 Å².